The van der Waals surface area contributed by atoms with Crippen LogP contribution in [0.25, 0.3) is 0 Å². The lowest BCUT2D eigenvalue weighted by molar-refractivity contribution is 0.261. The van der Waals surface area contributed by atoms with E-state index in [1.54, 1.807) is 19.2 Å². The number of hydrogen-bond donors (Lipinski definition) is 2. The molecule has 154 valence electrons. The van der Waals surface area contributed by atoms with E-state index in [0.29, 0.717) is 37.6 Å². The third-order valence-corrected chi connectivity index (χ3v) is 4.03. The molecule has 0 radical (unpaired) electrons. The fourth-order valence-electron chi connectivity index (χ4n) is 2.51. The maximum atomic E-state index is 13.6. The Morgan fingerprint density at radius 3 is 2.61 bits per heavy atom. The zero-order valence-electron chi connectivity index (χ0n) is 16.7. The van der Waals surface area contributed by atoms with Crippen molar-refractivity contribution in [2.45, 2.75) is 13.0 Å². The Labute approximate surface area is 184 Å². The van der Waals surface area contributed by atoms with Crippen LogP contribution in [-0.4, -0.2) is 51.7 Å². The molecule has 0 heterocycles. The highest BCUT2D eigenvalue weighted by Crippen LogP contribution is 2.13. The van der Waals surface area contributed by atoms with Gasteiger partial charge >= 0.3 is 0 Å². The summed E-state index contributed by atoms with van der Waals surface area (Å²) in [6, 6.07) is 14.8. The molecule has 28 heavy (non-hydrogen) atoms. The molecule has 2 N–H and O–H groups in total. The lowest BCUT2D eigenvalue weighted by Gasteiger charge is -2.14. The van der Waals surface area contributed by atoms with Gasteiger partial charge in [0, 0.05) is 26.7 Å². The molecule has 0 aliphatic carbocycles. The van der Waals surface area contributed by atoms with Gasteiger partial charge in [0.25, 0.3) is 0 Å². The number of aliphatic imine (C=N–C) groups is 1. The Morgan fingerprint density at radius 1 is 1.11 bits per heavy atom. The van der Waals surface area contributed by atoms with Crippen LogP contribution in [0.4, 0.5) is 4.39 Å². The molecule has 0 spiro atoms. The van der Waals surface area contributed by atoms with Crippen molar-refractivity contribution in [3.63, 3.8) is 0 Å². The summed E-state index contributed by atoms with van der Waals surface area (Å²) in [6.07, 6.45) is 0.600. The Kier molecular flexibility index (Phi) is 11.5. The van der Waals surface area contributed by atoms with Crippen LogP contribution in [-0.2, 0) is 13.0 Å². The summed E-state index contributed by atoms with van der Waals surface area (Å²) in [4.78, 5) is 6.30. The predicted molar refractivity (Wildman–Crippen MR) is 124 cm³/mol. The van der Waals surface area contributed by atoms with Gasteiger partial charge in [-0.05, 0) is 49.8 Å². The van der Waals surface area contributed by atoms with Gasteiger partial charge in [-0.15, -0.1) is 24.0 Å². The minimum Gasteiger partial charge on any atom is -0.492 e. The minimum atomic E-state index is -0.173. The second-order valence-corrected chi connectivity index (χ2v) is 6.49. The molecular weight excluding hydrogens is 470 g/mol. The van der Waals surface area contributed by atoms with Gasteiger partial charge in [-0.1, -0.05) is 30.3 Å². The van der Waals surface area contributed by atoms with Crippen molar-refractivity contribution in [3.8, 4) is 5.75 Å². The number of guanidine groups is 1. The first-order chi connectivity index (χ1) is 13.1. The lowest BCUT2D eigenvalue weighted by atomic mass is 10.1. The topological polar surface area (TPSA) is 48.9 Å². The van der Waals surface area contributed by atoms with Crippen molar-refractivity contribution >= 4 is 29.9 Å². The molecule has 5 nitrogen and oxygen atoms in total. The first kappa shape index (κ1) is 24.2. The van der Waals surface area contributed by atoms with Crippen LogP contribution < -0.4 is 15.4 Å². The number of nitrogens with one attached hydrogen (secondary N) is 2. The monoisotopic (exact) mass is 500 g/mol. The predicted octanol–water partition coefficient (Wildman–Crippen LogP) is 3.29. The minimum absolute atomic E-state index is 0. The van der Waals surface area contributed by atoms with Crippen LogP contribution in [0.2, 0.25) is 0 Å². The first-order valence-corrected chi connectivity index (χ1v) is 9.13. The molecule has 0 aliphatic rings. The molecule has 0 saturated carbocycles. The highest BCUT2D eigenvalue weighted by molar-refractivity contribution is 14.0. The standard InChI is InChI=1S/C21H29FN4O.HI/c1-23-21(24-12-11-18-8-4-5-10-20(18)22)25-16-17-7-6-9-19(15-17)27-14-13-26(2)3;/h4-10,15H,11-14,16H2,1-3H3,(H2,23,24,25);1H. The molecule has 2 aromatic carbocycles. The van der Waals surface area contributed by atoms with Gasteiger partial charge in [-0.25, -0.2) is 4.39 Å². The van der Waals surface area contributed by atoms with Crippen LogP contribution in [0.15, 0.2) is 53.5 Å². The molecule has 7 heteroatoms. The summed E-state index contributed by atoms with van der Waals surface area (Å²) in [5, 5.41) is 6.48. The fraction of sp³-hybridized carbons (Fsp3) is 0.381. The highest BCUT2D eigenvalue weighted by Gasteiger charge is 2.03. The fourth-order valence-corrected chi connectivity index (χ4v) is 2.51. The summed E-state index contributed by atoms with van der Waals surface area (Å²) in [5.74, 6) is 1.37. The second kappa shape index (κ2) is 13.3. The molecule has 0 atom stereocenters. The molecule has 0 bridgehead atoms. The molecule has 0 aromatic heterocycles. The Morgan fingerprint density at radius 2 is 1.89 bits per heavy atom. The van der Waals surface area contributed by atoms with Gasteiger partial charge in [-0.3, -0.25) is 4.99 Å². The van der Waals surface area contributed by atoms with E-state index in [9.17, 15) is 4.39 Å². The Balaban J connectivity index is 0.00000392. The maximum absolute atomic E-state index is 13.6. The zero-order valence-corrected chi connectivity index (χ0v) is 19.1. The van der Waals surface area contributed by atoms with Crippen LogP contribution >= 0.6 is 24.0 Å². The van der Waals surface area contributed by atoms with E-state index in [2.05, 4.69) is 20.5 Å². The normalized spacial score (nSPS) is 11.1. The zero-order chi connectivity index (χ0) is 19.5. The van der Waals surface area contributed by atoms with Crippen LogP contribution in [0.3, 0.4) is 0 Å². The van der Waals surface area contributed by atoms with Crippen molar-refractivity contribution < 1.29 is 9.13 Å². The van der Waals surface area contributed by atoms with Gasteiger partial charge in [0.2, 0.25) is 0 Å². The largest absolute Gasteiger partial charge is 0.492 e. The molecule has 2 aromatic rings. The van der Waals surface area contributed by atoms with Gasteiger partial charge in [0.1, 0.15) is 18.2 Å². The third kappa shape index (κ3) is 8.88. The van der Waals surface area contributed by atoms with Crippen molar-refractivity contribution in [1.82, 2.24) is 15.5 Å². The quantitative estimate of drug-likeness (QED) is 0.315. The number of halogens is 2. The Bertz CT molecular complexity index is 740. The molecule has 0 saturated heterocycles. The second-order valence-electron chi connectivity index (χ2n) is 6.49. The summed E-state index contributed by atoms with van der Waals surface area (Å²) in [6.45, 7) is 2.77. The van der Waals surface area contributed by atoms with Crippen molar-refractivity contribution in [2.24, 2.45) is 4.99 Å². The van der Waals surface area contributed by atoms with Gasteiger partial charge in [-0.2, -0.15) is 0 Å². The molecule has 0 unspecified atom stereocenters. The van der Waals surface area contributed by atoms with Gasteiger partial charge in [0.15, 0.2) is 5.96 Å². The van der Waals surface area contributed by atoms with Crippen molar-refractivity contribution in [3.05, 3.63) is 65.5 Å². The number of hydrogen-bond acceptors (Lipinski definition) is 3. The molecular formula is C21H30FIN4O. The number of nitrogens with zero attached hydrogens (tertiary/aromatic N) is 2. The molecule has 2 rings (SSSR count). The van der Waals surface area contributed by atoms with Gasteiger partial charge in [0.05, 0.1) is 0 Å². The van der Waals surface area contributed by atoms with E-state index in [1.165, 1.54) is 6.07 Å². The van der Waals surface area contributed by atoms with Crippen LogP contribution in [0.1, 0.15) is 11.1 Å². The number of benzene rings is 2. The van der Waals surface area contributed by atoms with Crippen LogP contribution in [0.5, 0.6) is 5.75 Å². The first-order valence-electron chi connectivity index (χ1n) is 9.13. The average Bonchev–Trinajstić information content (AvgIpc) is 2.66. The van der Waals surface area contributed by atoms with E-state index < -0.39 is 0 Å². The molecule has 0 amide bonds. The average molecular weight is 500 g/mol. The van der Waals surface area contributed by atoms with Gasteiger partial charge < -0.3 is 20.3 Å². The van der Waals surface area contributed by atoms with E-state index in [0.717, 1.165) is 17.9 Å². The number of ether oxygens (including phenoxy) is 1. The lowest BCUT2D eigenvalue weighted by Crippen LogP contribution is -2.37. The maximum Gasteiger partial charge on any atom is 0.191 e. The van der Waals surface area contributed by atoms with E-state index in [4.69, 9.17) is 4.74 Å². The van der Waals surface area contributed by atoms with Crippen molar-refractivity contribution in [2.75, 3.05) is 40.8 Å². The Hall–Kier alpha value is -1.87. The highest BCUT2D eigenvalue weighted by atomic mass is 127. The van der Waals surface area contributed by atoms with Crippen LogP contribution in [0, 0.1) is 5.82 Å². The SMILES string of the molecule is CN=C(NCCc1ccccc1F)NCc1cccc(OCCN(C)C)c1.I. The van der Waals surface area contributed by atoms with E-state index in [-0.39, 0.29) is 29.8 Å². The summed E-state index contributed by atoms with van der Waals surface area (Å²) >= 11 is 0. The van der Waals surface area contributed by atoms with E-state index >= 15 is 0 Å². The summed E-state index contributed by atoms with van der Waals surface area (Å²) < 4.78 is 19.4. The number of rotatable bonds is 9. The smallest absolute Gasteiger partial charge is 0.191 e. The third-order valence-electron chi connectivity index (χ3n) is 4.03. The molecule has 0 fully saturated rings. The summed E-state index contributed by atoms with van der Waals surface area (Å²) in [5.41, 5.74) is 1.80. The summed E-state index contributed by atoms with van der Waals surface area (Å²) in [7, 11) is 5.77. The number of likely N-dealkylation sites (N-methyl/N-ethyl adjacent to an activating group) is 1. The van der Waals surface area contributed by atoms with Crippen molar-refractivity contribution in [1.29, 1.82) is 0 Å². The molecule has 0 aliphatic heterocycles. The van der Waals surface area contributed by atoms with E-state index in [1.807, 2.05) is 44.4 Å².